The Morgan fingerprint density at radius 1 is 1.32 bits per heavy atom. The molecule has 1 aromatic rings. The molecular formula is C15H25N3O. The zero-order valence-electron chi connectivity index (χ0n) is 12.0. The van der Waals surface area contributed by atoms with Crippen molar-refractivity contribution in [2.75, 3.05) is 13.7 Å². The fourth-order valence-electron chi connectivity index (χ4n) is 2.83. The summed E-state index contributed by atoms with van der Waals surface area (Å²) < 4.78 is 5.18. The summed E-state index contributed by atoms with van der Waals surface area (Å²) in [5.74, 6) is 0.694. The first-order chi connectivity index (χ1) is 9.22. The van der Waals surface area contributed by atoms with Gasteiger partial charge in [-0.3, -0.25) is 4.90 Å². The van der Waals surface area contributed by atoms with E-state index in [1.54, 1.807) is 7.11 Å². The fraction of sp³-hybridized carbons (Fsp3) is 0.667. The number of rotatable bonds is 5. The zero-order valence-corrected chi connectivity index (χ0v) is 12.0. The molecule has 1 heterocycles. The molecular weight excluding hydrogens is 238 g/mol. The van der Waals surface area contributed by atoms with Gasteiger partial charge in [0.05, 0.1) is 12.8 Å². The summed E-state index contributed by atoms with van der Waals surface area (Å²) in [4.78, 5) is 7.01. The van der Waals surface area contributed by atoms with E-state index in [9.17, 15) is 0 Å². The van der Waals surface area contributed by atoms with Crippen molar-refractivity contribution in [2.24, 2.45) is 5.73 Å². The van der Waals surface area contributed by atoms with E-state index in [0.29, 0.717) is 18.0 Å². The Balaban J connectivity index is 1.98. The molecule has 4 nitrogen and oxygen atoms in total. The van der Waals surface area contributed by atoms with Crippen LogP contribution in [0.4, 0.5) is 0 Å². The molecule has 2 N–H and O–H groups in total. The maximum atomic E-state index is 5.98. The lowest BCUT2D eigenvalue weighted by Gasteiger charge is -2.35. The zero-order chi connectivity index (χ0) is 13.7. The number of nitrogens with two attached hydrogens (primary N) is 1. The second kappa shape index (κ2) is 6.87. The predicted octanol–water partition coefficient (Wildman–Crippen LogP) is 2.18. The molecule has 0 spiro atoms. The monoisotopic (exact) mass is 263 g/mol. The normalized spacial score (nSPS) is 23.6. The molecule has 0 bridgehead atoms. The summed E-state index contributed by atoms with van der Waals surface area (Å²) in [7, 11) is 1.66. The van der Waals surface area contributed by atoms with Gasteiger partial charge in [0, 0.05) is 24.7 Å². The molecule has 0 unspecified atom stereocenters. The quantitative estimate of drug-likeness (QED) is 0.884. The molecule has 1 fully saturated rings. The van der Waals surface area contributed by atoms with E-state index >= 15 is 0 Å². The van der Waals surface area contributed by atoms with Crippen molar-refractivity contribution in [3.8, 4) is 5.88 Å². The molecule has 0 amide bonds. The number of hydrogen-bond acceptors (Lipinski definition) is 4. The van der Waals surface area contributed by atoms with Gasteiger partial charge in [0.1, 0.15) is 0 Å². The van der Waals surface area contributed by atoms with E-state index in [4.69, 9.17) is 10.5 Å². The van der Waals surface area contributed by atoms with Gasteiger partial charge in [-0.25, -0.2) is 4.98 Å². The predicted molar refractivity (Wildman–Crippen MR) is 77.1 cm³/mol. The SMILES string of the molecule is CCN(Cc1cccc(OC)n1)C1CCC(N)CC1. The highest BCUT2D eigenvalue weighted by Crippen LogP contribution is 2.23. The Bertz CT molecular complexity index is 389. The second-order valence-corrected chi connectivity index (χ2v) is 5.30. The van der Waals surface area contributed by atoms with Gasteiger partial charge in [-0.15, -0.1) is 0 Å². The highest BCUT2D eigenvalue weighted by molar-refractivity contribution is 5.15. The van der Waals surface area contributed by atoms with Crippen molar-refractivity contribution in [3.05, 3.63) is 23.9 Å². The van der Waals surface area contributed by atoms with Crippen molar-refractivity contribution >= 4 is 0 Å². The number of pyridine rings is 1. The summed E-state index contributed by atoms with van der Waals surface area (Å²) in [5.41, 5.74) is 7.06. The lowest BCUT2D eigenvalue weighted by molar-refractivity contribution is 0.147. The van der Waals surface area contributed by atoms with Crippen LogP contribution in [0.3, 0.4) is 0 Å². The first-order valence-electron chi connectivity index (χ1n) is 7.22. The smallest absolute Gasteiger partial charge is 0.213 e. The van der Waals surface area contributed by atoms with E-state index in [-0.39, 0.29) is 0 Å². The van der Waals surface area contributed by atoms with Crippen molar-refractivity contribution in [1.82, 2.24) is 9.88 Å². The number of methoxy groups -OCH3 is 1. The van der Waals surface area contributed by atoms with Crippen LogP contribution in [0.2, 0.25) is 0 Å². The Morgan fingerprint density at radius 2 is 2.05 bits per heavy atom. The van der Waals surface area contributed by atoms with Crippen LogP contribution in [-0.4, -0.2) is 35.6 Å². The average Bonchev–Trinajstić information content (AvgIpc) is 2.46. The van der Waals surface area contributed by atoms with Crippen LogP contribution < -0.4 is 10.5 Å². The van der Waals surface area contributed by atoms with E-state index in [0.717, 1.165) is 31.6 Å². The maximum absolute atomic E-state index is 5.98. The first-order valence-corrected chi connectivity index (χ1v) is 7.22. The van der Waals surface area contributed by atoms with Gasteiger partial charge in [0.2, 0.25) is 5.88 Å². The molecule has 0 saturated heterocycles. The van der Waals surface area contributed by atoms with Crippen molar-refractivity contribution < 1.29 is 4.74 Å². The molecule has 0 aromatic carbocycles. The van der Waals surface area contributed by atoms with Gasteiger partial charge in [-0.2, -0.15) is 0 Å². The standard InChI is InChI=1S/C15H25N3O/c1-3-18(14-9-7-12(16)8-10-14)11-13-5-4-6-15(17-13)19-2/h4-6,12,14H,3,7-11,16H2,1-2H3. The molecule has 1 aliphatic carbocycles. The molecule has 106 valence electrons. The minimum absolute atomic E-state index is 0.407. The van der Waals surface area contributed by atoms with Crippen molar-refractivity contribution in [3.63, 3.8) is 0 Å². The first kappa shape index (κ1) is 14.3. The van der Waals surface area contributed by atoms with Gasteiger partial charge < -0.3 is 10.5 Å². The summed E-state index contributed by atoms with van der Waals surface area (Å²) in [6, 6.07) is 7.02. The van der Waals surface area contributed by atoms with E-state index in [2.05, 4.69) is 22.9 Å². The fourth-order valence-corrected chi connectivity index (χ4v) is 2.83. The summed E-state index contributed by atoms with van der Waals surface area (Å²) in [6.07, 6.45) is 4.71. The van der Waals surface area contributed by atoms with E-state index < -0.39 is 0 Å². The molecule has 0 radical (unpaired) electrons. The second-order valence-electron chi connectivity index (χ2n) is 5.30. The Morgan fingerprint density at radius 3 is 2.68 bits per heavy atom. The lowest BCUT2D eigenvalue weighted by atomic mass is 9.90. The van der Waals surface area contributed by atoms with E-state index in [1.807, 2.05) is 12.1 Å². The molecule has 0 aliphatic heterocycles. The highest BCUT2D eigenvalue weighted by Gasteiger charge is 2.23. The van der Waals surface area contributed by atoms with Gasteiger partial charge in [-0.1, -0.05) is 13.0 Å². The molecule has 1 saturated carbocycles. The minimum Gasteiger partial charge on any atom is -0.481 e. The third kappa shape index (κ3) is 3.91. The third-order valence-corrected chi connectivity index (χ3v) is 4.02. The number of nitrogens with zero attached hydrogens (tertiary/aromatic N) is 2. The van der Waals surface area contributed by atoms with Crippen LogP contribution in [0.25, 0.3) is 0 Å². The molecule has 0 atom stereocenters. The van der Waals surface area contributed by atoms with Crippen LogP contribution in [0.5, 0.6) is 5.88 Å². The van der Waals surface area contributed by atoms with Crippen LogP contribution in [0, 0.1) is 0 Å². The number of ether oxygens (including phenoxy) is 1. The molecule has 19 heavy (non-hydrogen) atoms. The van der Waals surface area contributed by atoms with Crippen molar-refractivity contribution in [1.29, 1.82) is 0 Å². The molecule has 4 heteroatoms. The largest absolute Gasteiger partial charge is 0.481 e. The lowest BCUT2D eigenvalue weighted by Crippen LogP contribution is -2.40. The summed E-state index contributed by atoms with van der Waals surface area (Å²) in [5, 5.41) is 0. The number of aromatic nitrogens is 1. The Labute approximate surface area is 116 Å². The minimum atomic E-state index is 0.407. The van der Waals surface area contributed by atoms with Gasteiger partial charge in [0.25, 0.3) is 0 Å². The molecule has 1 aromatic heterocycles. The van der Waals surface area contributed by atoms with Gasteiger partial charge >= 0.3 is 0 Å². The van der Waals surface area contributed by atoms with Crippen molar-refractivity contribution in [2.45, 2.75) is 51.2 Å². The molecule has 2 rings (SSSR count). The van der Waals surface area contributed by atoms with Crippen LogP contribution >= 0.6 is 0 Å². The number of hydrogen-bond donors (Lipinski definition) is 1. The van der Waals surface area contributed by atoms with Crippen LogP contribution in [0.1, 0.15) is 38.3 Å². The topological polar surface area (TPSA) is 51.4 Å². The van der Waals surface area contributed by atoms with Crippen LogP contribution in [-0.2, 0) is 6.54 Å². The summed E-state index contributed by atoms with van der Waals surface area (Å²) in [6.45, 7) is 4.17. The third-order valence-electron chi connectivity index (χ3n) is 4.02. The molecule has 1 aliphatic rings. The maximum Gasteiger partial charge on any atom is 0.213 e. The van der Waals surface area contributed by atoms with E-state index in [1.165, 1.54) is 12.8 Å². The van der Waals surface area contributed by atoms with Gasteiger partial charge in [0.15, 0.2) is 0 Å². The summed E-state index contributed by atoms with van der Waals surface area (Å²) >= 11 is 0. The highest BCUT2D eigenvalue weighted by atomic mass is 16.5. The Kier molecular flexibility index (Phi) is 5.16. The van der Waals surface area contributed by atoms with Crippen LogP contribution in [0.15, 0.2) is 18.2 Å². The average molecular weight is 263 g/mol. The van der Waals surface area contributed by atoms with Gasteiger partial charge in [-0.05, 0) is 38.3 Å². The Hall–Kier alpha value is -1.13.